The highest BCUT2D eigenvalue weighted by molar-refractivity contribution is 5.87. The van der Waals surface area contributed by atoms with Gasteiger partial charge in [-0.25, -0.2) is 4.79 Å². The molecule has 1 aliphatic rings. The number of fused-ring (bicyclic) bond motifs is 2. The van der Waals surface area contributed by atoms with Gasteiger partial charge < -0.3 is 19.8 Å². The first-order valence-electron chi connectivity index (χ1n) is 11.7. The number of ether oxygens (including phenoxy) is 1. The van der Waals surface area contributed by atoms with Gasteiger partial charge in [-0.1, -0.05) is 24.3 Å². The van der Waals surface area contributed by atoms with Crippen LogP contribution < -0.4 is 0 Å². The van der Waals surface area contributed by atoms with E-state index >= 15 is 0 Å². The first kappa shape index (κ1) is 25.8. The molecule has 1 aromatic heterocycles. The van der Waals surface area contributed by atoms with E-state index < -0.39 is 5.97 Å². The highest BCUT2D eigenvalue weighted by Crippen LogP contribution is 2.18. The van der Waals surface area contributed by atoms with Crippen molar-refractivity contribution in [1.82, 2.24) is 24.8 Å². The molecule has 1 aromatic carbocycles. The van der Waals surface area contributed by atoms with Crippen molar-refractivity contribution in [3.63, 3.8) is 0 Å². The maximum absolute atomic E-state index is 13.0. The average Bonchev–Trinajstić information content (AvgIpc) is 3.26. The van der Waals surface area contributed by atoms with E-state index in [2.05, 4.69) is 15.2 Å². The third-order valence-electron chi connectivity index (χ3n) is 6.16. The first-order chi connectivity index (χ1) is 16.3. The van der Waals surface area contributed by atoms with Crippen LogP contribution in [0.1, 0.15) is 48.3 Å². The van der Waals surface area contributed by atoms with Crippen LogP contribution in [-0.2, 0) is 29.2 Å². The van der Waals surface area contributed by atoms with Gasteiger partial charge in [-0.05, 0) is 38.1 Å². The molecule has 2 bridgehead atoms. The van der Waals surface area contributed by atoms with Gasteiger partial charge in [0.2, 0.25) is 5.91 Å². The van der Waals surface area contributed by atoms with Crippen LogP contribution in [0.5, 0.6) is 0 Å². The van der Waals surface area contributed by atoms with Crippen molar-refractivity contribution in [2.45, 2.75) is 58.5 Å². The summed E-state index contributed by atoms with van der Waals surface area (Å²) in [5.41, 5.74) is 1.89. The summed E-state index contributed by atoms with van der Waals surface area (Å²) in [6, 6.07) is 6.62. The fraction of sp³-hybridized carbons (Fsp3) is 0.583. The number of rotatable bonds is 7. The minimum Gasteiger partial charge on any atom is -0.478 e. The number of aliphatic hydroxyl groups excluding tert-OH is 1. The van der Waals surface area contributed by atoms with Crippen molar-refractivity contribution in [2.75, 3.05) is 26.7 Å². The van der Waals surface area contributed by atoms with Gasteiger partial charge in [0.05, 0.1) is 37.1 Å². The van der Waals surface area contributed by atoms with Crippen LogP contribution in [0.15, 0.2) is 30.5 Å². The Morgan fingerprint density at radius 2 is 2.18 bits per heavy atom. The van der Waals surface area contributed by atoms with E-state index in [1.165, 1.54) is 0 Å². The van der Waals surface area contributed by atoms with Crippen molar-refractivity contribution in [3.05, 3.63) is 47.3 Å². The van der Waals surface area contributed by atoms with Gasteiger partial charge in [-0.3, -0.25) is 14.4 Å². The number of aromatic carboxylic acids is 1. The van der Waals surface area contributed by atoms with Crippen molar-refractivity contribution in [1.29, 1.82) is 0 Å². The Morgan fingerprint density at radius 3 is 2.91 bits per heavy atom. The molecule has 2 heterocycles. The molecule has 0 spiro atoms. The molecular formula is C24H35N5O5. The molecular weight excluding hydrogens is 438 g/mol. The summed E-state index contributed by atoms with van der Waals surface area (Å²) >= 11 is 0. The number of likely N-dealkylation sites (N-methyl/N-ethyl adjacent to an activating group) is 1. The standard InChI is InChI=1S/C24H35N5O5/c1-17-11-29(18(2)15-30)23(31)8-5-9-28-13-21(25-26-28)16-34-22(17)14-27(3)12-19-6-4-7-20(10-19)24(32)33/h4,6-7,10,13,17-18,22,30H,5,8-9,11-12,14-16H2,1-3H3,(H,32,33)/t17-,18-,22-/m0/s1. The van der Waals surface area contributed by atoms with Gasteiger partial charge >= 0.3 is 5.97 Å². The molecule has 10 heteroatoms. The number of aryl methyl sites for hydroxylation is 1. The predicted octanol–water partition coefficient (Wildman–Crippen LogP) is 1.63. The van der Waals surface area contributed by atoms with E-state index in [0.717, 1.165) is 11.3 Å². The molecule has 1 amide bonds. The molecule has 0 unspecified atom stereocenters. The Balaban J connectivity index is 1.76. The Hall–Kier alpha value is -2.82. The summed E-state index contributed by atoms with van der Waals surface area (Å²) in [6.45, 7) is 6.29. The number of aromatic nitrogens is 3. The lowest BCUT2D eigenvalue weighted by Gasteiger charge is -2.35. The Kier molecular flexibility index (Phi) is 9.14. The topological polar surface area (TPSA) is 121 Å². The van der Waals surface area contributed by atoms with Gasteiger partial charge in [-0.2, -0.15) is 0 Å². The minimum atomic E-state index is -0.951. The SMILES string of the molecule is C[C@H]1CN([C@@H](C)CO)C(=O)CCCn2cc(nn2)CO[C@H]1CN(C)Cc1cccc(C(=O)O)c1. The maximum Gasteiger partial charge on any atom is 0.335 e. The van der Waals surface area contributed by atoms with Crippen molar-refractivity contribution in [3.8, 4) is 0 Å². The molecule has 2 aromatic rings. The summed E-state index contributed by atoms with van der Waals surface area (Å²) in [4.78, 5) is 28.1. The van der Waals surface area contributed by atoms with Crippen molar-refractivity contribution < 1.29 is 24.5 Å². The number of nitrogens with zero attached hydrogens (tertiary/aromatic N) is 5. The number of amides is 1. The van der Waals surface area contributed by atoms with Crippen LogP contribution in [0.4, 0.5) is 0 Å². The largest absolute Gasteiger partial charge is 0.478 e. The maximum atomic E-state index is 13.0. The molecule has 3 rings (SSSR count). The van der Waals surface area contributed by atoms with Crippen molar-refractivity contribution in [2.24, 2.45) is 5.92 Å². The Bertz CT molecular complexity index is 965. The number of aliphatic hydroxyl groups is 1. The van der Waals surface area contributed by atoms with Crippen LogP contribution in [0.3, 0.4) is 0 Å². The second-order valence-electron chi connectivity index (χ2n) is 9.18. The van der Waals surface area contributed by atoms with Crippen LogP contribution in [0, 0.1) is 5.92 Å². The number of carboxylic acids is 1. The lowest BCUT2D eigenvalue weighted by atomic mass is 10.0. The van der Waals surface area contributed by atoms with Crippen LogP contribution >= 0.6 is 0 Å². The second kappa shape index (κ2) is 12.0. The Labute approximate surface area is 200 Å². The lowest BCUT2D eigenvalue weighted by molar-refractivity contribution is -0.136. The normalized spacial score (nSPS) is 21.0. The summed E-state index contributed by atoms with van der Waals surface area (Å²) in [6.07, 6.45) is 2.64. The molecule has 0 radical (unpaired) electrons. The van der Waals surface area contributed by atoms with E-state index in [4.69, 9.17) is 4.74 Å². The number of carboxylic acid groups (broad SMARTS) is 1. The van der Waals surface area contributed by atoms with Gasteiger partial charge in [0.15, 0.2) is 0 Å². The van der Waals surface area contributed by atoms with Gasteiger partial charge in [0, 0.05) is 38.5 Å². The van der Waals surface area contributed by atoms with Gasteiger partial charge in [0.1, 0.15) is 5.69 Å². The highest BCUT2D eigenvalue weighted by atomic mass is 16.5. The zero-order valence-electron chi connectivity index (χ0n) is 20.1. The second-order valence-corrected chi connectivity index (χ2v) is 9.18. The quantitative estimate of drug-likeness (QED) is 0.623. The van der Waals surface area contributed by atoms with E-state index in [1.54, 1.807) is 27.8 Å². The summed E-state index contributed by atoms with van der Waals surface area (Å²) in [7, 11) is 1.96. The minimum absolute atomic E-state index is 0.00516. The van der Waals surface area contributed by atoms with E-state index in [0.29, 0.717) is 45.6 Å². The summed E-state index contributed by atoms with van der Waals surface area (Å²) in [5.74, 6) is -0.959. The number of hydrogen-bond donors (Lipinski definition) is 2. The highest BCUT2D eigenvalue weighted by Gasteiger charge is 2.28. The molecule has 0 fully saturated rings. The molecule has 10 nitrogen and oxygen atoms in total. The monoisotopic (exact) mass is 473 g/mol. The predicted molar refractivity (Wildman–Crippen MR) is 125 cm³/mol. The number of carbonyl (C=O) groups excluding carboxylic acids is 1. The molecule has 34 heavy (non-hydrogen) atoms. The zero-order valence-corrected chi connectivity index (χ0v) is 20.1. The number of carbonyl (C=O) groups is 2. The molecule has 1 aliphatic heterocycles. The van der Waals surface area contributed by atoms with E-state index in [1.807, 2.05) is 33.2 Å². The summed E-state index contributed by atoms with van der Waals surface area (Å²) in [5, 5.41) is 27.3. The fourth-order valence-electron chi connectivity index (χ4n) is 4.18. The van der Waals surface area contributed by atoms with Gasteiger partial charge in [0.25, 0.3) is 0 Å². The number of hydrogen-bond acceptors (Lipinski definition) is 7. The lowest BCUT2D eigenvalue weighted by Crippen LogP contribution is -2.47. The van der Waals surface area contributed by atoms with E-state index in [9.17, 15) is 19.8 Å². The van der Waals surface area contributed by atoms with Crippen LogP contribution in [-0.4, -0.2) is 85.8 Å². The fourth-order valence-corrected chi connectivity index (χ4v) is 4.18. The third kappa shape index (κ3) is 7.09. The van der Waals surface area contributed by atoms with Crippen LogP contribution in [0.25, 0.3) is 0 Å². The molecule has 0 saturated heterocycles. The molecule has 2 N–H and O–H groups in total. The molecule has 0 aliphatic carbocycles. The number of benzene rings is 1. The first-order valence-corrected chi connectivity index (χ1v) is 11.7. The smallest absolute Gasteiger partial charge is 0.335 e. The zero-order chi connectivity index (χ0) is 24.7. The van der Waals surface area contributed by atoms with Crippen LogP contribution in [0.2, 0.25) is 0 Å². The van der Waals surface area contributed by atoms with Crippen molar-refractivity contribution >= 4 is 11.9 Å². The average molecular weight is 474 g/mol. The molecule has 0 saturated carbocycles. The molecule has 186 valence electrons. The Morgan fingerprint density at radius 1 is 1.38 bits per heavy atom. The third-order valence-corrected chi connectivity index (χ3v) is 6.16. The summed E-state index contributed by atoms with van der Waals surface area (Å²) < 4.78 is 8.01. The van der Waals surface area contributed by atoms with E-state index in [-0.39, 0.29) is 36.1 Å². The van der Waals surface area contributed by atoms with Gasteiger partial charge in [-0.15, -0.1) is 5.10 Å². The molecule has 3 atom stereocenters.